The number of alkyl halides is 8. The largest absolute Gasteiger partial charge is 0.481 e. The normalized spacial score (nSPS) is 11.0. The molecule has 26 heteroatoms. The highest BCUT2D eigenvalue weighted by Gasteiger charge is 2.68. The molecule has 0 heterocycles. The van der Waals surface area contributed by atoms with E-state index in [1.54, 1.807) is 0 Å². The van der Waals surface area contributed by atoms with Gasteiger partial charge in [0, 0.05) is 14.0 Å². The lowest BCUT2D eigenvalue weighted by atomic mass is 10.1. The summed E-state index contributed by atoms with van der Waals surface area (Å²) >= 11 is 0. The first kappa shape index (κ1) is 52.1. The molecule has 292 valence electrons. The third-order valence-electron chi connectivity index (χ3n) is 4.34. The van der Waals surface area contributed by atoms with Gasteiger partial charge in [0.25, 0.3) is 0 Å². The van der Waals surface area contributed by atoms with Crippen molar-refractivity contribution in [3.63, 3.8) is 0 Å². The van der Waals surface area contributed by atoms with Gasteiger partial charge in [-0.2, -0.15) is 35.1 Å². The Morgan fingerprint density at radius 3 is 1.08 bits per heavy atom. The molecule has 0 atom stereocenters. The van der Waals surface area contributed by atoms with Gasteiger partial charge in [-0.25, -0.2) is 14.4 Å². The van der Waals surface area contributed by atoms with Gasteiger partial charge in [0.2, 0.25) is 5.78 Å². The quantitative estimate of drug-likeness (QED) is 0.0445. The number of rotatable bonds is 19. The second-order valence-electron chi connectivity index (χ2n) is 8.27. The maximum atomic E-state index is 13.2. The van der Waals surface area contributed by atoms with Crippen LogP contribution in [0.2, 0.25) is 0 Å². The molecule has 0 radical (unpaired) electrons. The van der Waals surface area contributed by atoms with Crippen LogP contribution in [0.25, 0.3) is 0 Å². The van der Waals surface area contributed by atoms with Crippen molar-refractivity contribution in [1.29, 1.82) is 0 Å². The highest BCUT2D eigenvalue weighted by molar-refractivity contribution is 5.92. The van der Waals surface area contributed by atoms with E-state index >= 15 is 0 Å². The van der Waals surface area contributed by atoms with Crippen molar-refractivity contribution in [2.75, 3.05) is 46.8 Å². The Bertz CT molecular complexity index is 1090. The van der Waals surface area contributed by atoms with Crippen LogP contribution in [0, 0.1) is 0 Å². The van der Waals surface area contributed by atoms with Crippen LogP contribution in [-0.4, -0.2) is 149 Å². The first-order valence-corrected chi connectivity index (χ1v) is 12.8. The average Bonchev–Trinajstić information content (AvgIpc) is 3.01. The number of hydrogen-bond acceptors (Lipinski definition) is 14. The number of ether oxygens (including phenoxy) is 4. The van der Waals surface area contributed by atoms with Gasteiger partial charge in [0.05, 0.1) is 45.5 Å². The monoisotopic (exact) mass is 760 g/mol. The number of esters is 3. The molecule has 18 nitrogen and oxygen atoms in total. The molecule has 6 N–H and O–H groups in total. The van der Waals surface area contributed by atoms with Crippen LogP contribution in [0.3, 0.4) is 0 Å². The van der Waals surface area contributed by atoms with Crippen molar-refractivity contribution in [3.8, 4) is 0 Å². The van der Waals surface area contributed by atoms with Gasteiger partial charge < -0.3 is 49.6 Å². The SMILES string of the molecule is COCCOC(=O)CCC(=O)OCCOC(=O)C(F)(F)C(F)(F)C(C)=O.O=C(O)C(F)(F)C(F)(F)C(=O)O.O=C(O)CCC(=O)O.OCCO. The first-order chi connectivity index (χ1) is 22.6. The van der Waals surface area contributed by atoms with Gasteiger partial charge in [-0.15, -0.1) is 0 Å². The maximum absolute atomic E-state index is 13.2. The molecule has 0 aliphatic heterocycles. The van der Waals surface area contributed by atoms with E-state index in [0.29, 0.717) is 0 Å². The van der Waals surface area contributed by atoms with Gasteiger partial charge in [-0.1, -0.05) is 0 Å². The summed E-state index contributed by atoms with van der Waals surface area (Å²) in [5.74, 6) is -36.7. The smallest absolute Gasteiger partial charge is 0.415 e. The Balaban J connectivity index is -0.000000359. The second kappa shape index (κ2) is 25.3. The molecule has 0 aromatic rings. The minimum atomic E-state index is -5.60. The second-order valence-corrected chi connectivity index (χ2v) is 8.27. The molecule has 0 bridgehead atoms. The molecule has 0 amide bonds. The van der Waals surface area contributed by atoms with Crippen molar-refractivity contribution in [3.05, 3.63) is 0 Å². The van der Waals surface area contributed by atoms with Crippen LogP contribution in [0.4, 0.5) is 35.1 Å². The Labute approximate surface area is 274 Å². The van der Waals surface area contributed by atoms with Crippen LogP contribution in [0.1, 0.15) is 32.6 Å². The molecular formula is C24H32F8O18. The van der Waals surface area contributed by atoms with Gasteiger partial charge in [-0.3, -0.25) is 24.0 Å². The predicted octanol–water partition coefficient (Wildman–Crippen LogP) is 0.235. The summed E-state index contributed by atoms with van der Waals surface area (Å²) in [6, 6.07) is 0. The summed E-state index contributed by atoms with van der Waals surface area (Å²) in [5, 5.41) is 46.1. The Hall–Kier alpha value is -4.72. The van der Waals surface area contributed by atoms with Crippen LogP contribution in [-0.2, 0) is 57.3 Å². The van der Waals surface area contributed by atoms with Gasteiger partial charge in [0.1, 0.15) is 19.8 Å². The molecule has 0 aromatic heterocycles. The molecular weight excluding hydrogens is 728 g/mol. The number of halogens is 8. The zero-order valence-corrected chi connectivity index (χ0v) is 25.7. The van der Waals surface area contributed by atoms with Crippen LogP contribution >= 0.6 is 0 Å². The standard InChI is InChI=1S/C14H18F4O8.C4H2F4O4.C4H6O4.C2H6O2/c1-9(19)13(15,16)14(17,18)12(22)26-8-7-25-11(21)4-3-10(20)24-6-5-23-2;5-3(6,1(9)10)4(7,8)2(11)12;5-3(6)1-2-4(7)8;3-1-2-4/h3-8H2,1-2H3;(H,9,10)(H,11,12);1-2H2,(H,5,6)(H,7,8);3-4H,1-2H2. The Morgan fingerprint density at radius 1 is 0.500 bits per heavy atom. The van der Waals surface area contributed by atoms with Gasteiger partial charge in [0.15, 0.2) is 0 Å². The number of ketones is 1. The number of aliphatic hydroxyl groups is 2. The third-order valence-corrected chi connectivity index (χ3v) is 4.34. The third kappa shape index (κ3) is 21.3. The first-order valence-electron chi connectivity index (χ1n) is 12.8. The Kier molecular flexibility index (Phi) is 26.3. The number of carbonyl (C=O) groups is 8. The molecule has 50 heavy (non-hydrogen) atoms. The number of aliphatic hydroxyl groups excluding tert-OH is 2. The van der Waals surface area contributed by atoms with E-state index in [1.165, 1.54) is 7.11 Å². The van der Waals surface area contributed by atoms with Crippen molar-refractivity contribution < 1.29 is 123 Å². The van der Waals surface area contributed by atoms with Gasteiger partial charge >= 0.3 is 65.5 Å². The topological polar surface area (TPSA) is 295 Å². The van der Waals surface area contributed by atoms with Crippen LogP contribution in [0.15, 0.2) is 0 Å². The summed E-state index contributed by atoms with van der Waals surface area (Å²) in [7, 11) is 1.40. The van der Waals surface area contributed by atoms with E-state index in [9.17, 15) is 73.5 Å². The van der Waals surface area contributed by atoms with Crippen molar-refractivity contribution >= 4 is 47.6 Å². The van der Waals surface area contributed by atoms with Crippen molar-refractivity contribution in [2.45, 2.75) is 56.3 Å². The summed E-state index contributed by atoms with van der Waals surface area (Å²) in [4.78, 5) is 82.1. The number of Topliss-reactive ketones (excluding diaryl/α,β-unsaturated/α-hetero) is 1. The fourth-order valence-electron chi connectivity index (χ4n) is 1.80. The van der Waals surface area contributed by atoms with E-state index < -0.39 is 90.9 Å². The van der Waals surface area contributed by atoms with E-state index in [2.05, 4.69) is 18.9 Å². The van der Waals surface area contributed by atoms with E-state index in [4.69, 9.17) is 30.6 Å². The predicted molar refractivity (Wildman–Crippen MR) is 138 cm³/mol. The molecule has 0 unspecified atom stereocenters. The number of aliphatic carboxylic acids is 4. The van der Waals surface area contributed by atoms with Crippen LogP contribution < -0.4 is 0 Å². The molecule has 0 aliphatic rings. The van der Waals surface area contributed by atoms with Crippen molar-refractivity contribution in [2.24, 2.45) is 0 Å². The number of carboxylic acid groups (broad SMARTS) is 4. The lowest BCUT2D eigenvalue weighted by Gasteiger charge is -2.22. The minimum absolute atomic E-state index is 0.000555. The fourth-order valence-corrected chi connectivity index (χ4v) is 1.80. The summed E-state index contributed by atoms with van der Waals surface area (Å²) in [6.45, 7) is -1.52. The number of methoxy groups -OCH3 is 1. The molecule has 0 fully saturated rings. The van der Waals surface area contributed by atoms with Crippen LogP contribution in [0.5, 0.6) is 0 Å². The van der Waals surface area contributed by atoms with Crippen molar-refractivity contribution in [1.82, 2.24) is 0 Å². The zero-order chi connectivity index (χ0) is 40.5. The highest BCUT2D eigenvalue weighted by Crippen LogP contribution is 2.36. The number of hydrogen-bond donors (Lipinski definition) is 6. The lowest BCUT2D eigenvalue weighted by Crippen LogP contribution is -2.52. The highest BCUT2D eigenvalue weighted by atomic mass is 19.3. The number of carboxylic acids is 4. The average molecular weight is 760 g/mol. The fraction of sp³-hybridized carbons (Fsp3) is 0.667. The van der Waals surface area contributed by atoms with Gasteiger partial charge in [-0.05, 0) is 0 Å². The molecule has 0 rings (SSSR count). The number of carbonyl (C=O) groups excluding carboxylic acids is 4. The molecule has 0 aromatic carbocycles. The molecule has 0 saturated heterocycles. The molecule has 0 spiro atoms. The molecule has 0 aliphatic carbocycles. The Morgan fingerprint density at radius 2 is 0.820 bits per heavy atom. The maximum Gasteiger partial charge on any atom is 0.415 e. The summed E-state index contributed by atoms with van der Waals surface area (Å²) < 4.78 is 117. The zero-order valence-electron chi connectivity index (χ0n) is 25.7. The summed E-state index contributed by atoms with van der Waals surface area (Å²) in [5.41, 5.74) is 0. The van der Waals surface area contributed by atoms with E-state index in [1.807, 2.05) is 0 Å². The molecule has 0 saturated carbocycles. The van der Waals surface area contributed by atoms with E-state index in [0.717, 1.165) is 0 Å². The minimum Gasteiger partial charge on any atom is -0.481 e. The lowest BCUT2D eigenvalue weighted by molar-refractivity contribution is -0.231. The van der Waals surface area contributed by atoms with E-state index in [-0.39, 0.29) is 52.6 Å². The summed E-state index contributed by atoms with van der Waals surface area (Å²) in [6.07, 6.45) is -1.30.